The number of benzene rings is 2. The van der Waals surface area contributed by atoms with Crippen LogP contribution in [-0.4, -0.2) is 0 Å². The van der Waals surface area contributed by atoms with Gasteiger partial charge in [-0.3, -0.25) is 0 Å². The third kappa shape index (κ3) is 4.79. The molecule has 0 aliphatic heterocycles. The maximum absolute atomic E-state index is 13.9. The average Bonchev–Trinajstić information content (AvgIpc) is 3.34. The van der Waals surface area contributed by atoms with Gasteiger partial charge in [0.15, 0.2) is 0 Å². The van der Waals surface area contributed by atoms with E-state index >= 15 is 0 Å². The normalized spacial score (nSPS) is 16.5. The lowest BCUT2D eigenvalue weighted by Crippen LogP contribution is -2.25. The number of nitrogens with one attached hydrogen (secondary N) is 1. The zero-order valence-electron chi connectivity index (χ0n) is 13.8. The average molecular weight is 334 g/mol. The molecule has 0 radical (unpaired) electrons. The highest BCUT2D eigenvalue weighted by Gasteiger charge is 2.27. The van der Waals surface area contributed by atoms with E-state index in [0.29, 0.717) is 5.56 Å². The Morgan fingerprint density at radius 3 is 2.39 bits per heavy atom. The van der Waals surface area contributed by atoms with Gasteiger partial charge in [0.25, 0.3) is 0 Å². The van der Waals surface area contributed by atoms with E-state index in [1.165, 1.54) is 18.4 Å². The molecule has 2 aromatic rings. The first-order valence-electron chi connectivity index (χ1n) is 8.20. The van der Waals surface area contributed by atoms with Crippen LogP contribution in [0.25, 0.3) is 0 Å². The Bertz CT molecular complexity index is 625. The van der Waals surface area contributed by atoms with Crippen molar-refractivity contribution in [1.82, 2.24) is 5.32 Å². The van der Waals surface area contributed by atoms with Crippen LogP contribution >= 0.6 is 12.4 Å². The van der Waals surface area contributed by atoms with Gasteiger partial charge in [0.2, 0.25) is 0 Å². The summed E-state index contributed by atoms with van der Waals surface area (Å²) in [6.07, 6.45) is 3.72. The summed E-state index contributed by atoms with van der Waals surface area (Å²) in [5, 5.41) is 3.70. The first-order valence-corrected chi connectivity index (χ1v) is 8.20. The summed E-state index contributed by atoms with van der Waals surface area (Å²) in [6.45, 7) is 3.99. The summed E-state index contributed by atoms with van der Waals surface area (Å²) in [6, 6.07) is 16.6. The van der Waals surface area contributed by atoms with Gasteiger partial charge in [0, 0.05) is 12.1 Å². The maximum atomic E-state index is 13.9. The van der Waals surface area contributed by atoms with Gasteiger partial charge in [0.05, 0.1) is 0 Å². The lowest BCUT2D eigenvalue weighted by Gasteiger charge is -2.24. The molecule has 0 spiro atoms. The van der Waals surface area contributed by atoms with Crippen molar-refractivity contribution in [3.8, 4) is 0 Å². The molecule has 0 unspecified atom stereocenters. The highest BCUT2D eigenvalue weighted by molar-refractivity contribution is 5.85. The molecule has 1 nitrogen and oxygen atoms in total. The molecule has 0 heterocycles. The van der Waals surface area contributed by atoms with E-state index in [-0.39, 0.29) is 30.3 Å². The topological polar surface area (TPSA) is 12.0 Å². The molecule has 0 saturated heterocycles. The summed E-state index contributed by atoms with van der Waals surface area (Å²) >= 11 is 0. The summed E-state index contributed by atoms with van der Waals surface area (Å²) < 4.78 is 13.9. The summed E-state index contributed by atoms with van der Waals surface area (Å²) in [5.74, 6) is 0.692. The van der Waals surface area contributed by atoms with Crippen molar-refractivity contribution in [2.45, 2.75) is 45.2 Å². The Morgan fingerprint density at radius 1 is 1.09 bits per heavy atom. The van der Waals surface area contributed by atoms with Crippen LogP contribution in [0.1, 0.15) is 55.0 Å². The predicted octanol–water partition coefficient (Wildman–Crippen LogP) is 5.75. The van der Waals surface area contributed by atoms with Crippen molar-refractivity contribution in [3.63, 3.8) is 0 Å². The third-order valence-electron chi connectivity index (χ3n) is 4.61. The van der Waals surface area contributed by atoms with Gasteiger partial charge < -0.3 is 5.32 Å². The van der Waals surface area contributed by atoms with Crippen molar-refractivity contribution in [2.75, 3.05) is 0 Å². The predicted molar refractivity (Wildman–Crippen MR) is 96.5 cm³/mol. The first kappa shape index (κ1) is 18.0. The van der Waals surface area contributed by atoms with Crippen molar-refractivity contribution >= 4 is 12.4 Å². The number of rotatable bonds is 6. The van der Waals surface area contributed by atoms with Crippen LogP contribution in [0, 0.1) is 18.7 Å². The third-order valence-corrected chi connectivity index (χ3v) is 4.61. The van der Waals surface area contributed by atoms with Crippen molar-refractivity contribution < 1.29 is 4.39 Å². The Labute approximate surface area is 144 Å². The molecule has 0 amide bonds. The second-order valence-corrected chi connectivity index (χ2v) is 6.54. The van der Waals surface area contributed by atoms with Crippen LogP contribution in [0.5, 0.6) is 0 Å². The summed E-state index contributed by atoms with van der Waals surface area (Å²) in [5.41, 5.74) is 3.05. The number of aryl methyl sites for hydroxylation is 1. The van der Waals surface area contributed by atoms with Crippen molar-refractivity contribution in [3.05, 3.63) is 71.0 Å². The van der Waals surface area contributed by atoms with Crippen LogP contribution in [-0.2, 0) is 0 Å². The number of halogens is 2. The van der Waals surface area contributed by atoms with Gasteiger partial charge in [-0.15, -0.1) is 12.4 Å². The maximum Gasteiger partial charge on any atom is 0.126 e. The Morgan fingerprint density at radius 2 is 1.78 bits per heavy atom. The quantitative estimate of drug-likeness (QED) is 0.710. The van der Waals surface area contributed by atoms with Gasteiger partial charge in [-0.1, -0.05) is 55.3 Å². The largest absolute Gasteiger partial charge is 0.303 e. The first-order chi connectivity index (χ1) is 10.6. The lowest BCUT2D eigenvalue weighted by atomic mass is 9.97. The van der Waals surface area contributed by atoms with E-state index in [2.05, 4.69) is 42.6 Å². The van der Waals surface area contributed by atoms with Gasteiger partial charge in [-0.25, -0.2) is 4.39 Å². The minimum absolute atomic E-state index is 0. The van der Waals surface area contributed by atoms with Gasteiger partial charge >= 0.3 is 0 Å². The number of hydrogen-bond donors (Lipinski definition) is 1. The summed E-state index contributed by atoms with van der Waals surface area (Å²) in [4.78, 5) is 0. The van der Waals surface area contributed by atoms with E-state index in [1.54, 1.807) is 6.07 Å². The van der Waals surface area contributed by atoms with Crippen LogP contribution in [0.15, 0.2) is 48.5 Å². The molecule has 1 saturated carbocycles. The fourth-order valence-corrected chi connectivity index (χ4v) is 2.95. The van der Waals surface area contributed by atoms with Crippen molar-refractivity contribution in [1.29, 1.82) is 0 Å². The monoisotopic (exact) mass is 333 g/mol. The Hall–Kier alpha value is -1.38. The van der Waals surface area contributed by atoms with Crippen LogP contribution in [0.3, 0.4) is 0 Å². The molecule has 1 aliphatic rings. The minimum Gasteiger partial charge on any atom is -0.303 e. The molecule has 0 aromatic heterocycles. The molecular formula is C20H25ClFN. The molecule has 3 rings (SSSR count). The van der Waals surface area contributed by atoms with E-state index in [4.69, 9.17) is 0 Å². The molecule has 23 heavy (non-hydrogen) atoms. The fraction of sp³-hybridized carbons (Fsp3) is 0.400. The zero-order chi connectivity index (χ0) is 15.5. The summed E-state index contributed by atoms with van der Waals surface area (Å²) in [7, 11) is 0. The molecule has 2 atom stereocenters. The Kier molecular flexibility index (Phi) is 6.20. The zero-order valence-corrected chi connectivity index (χ0v) is 14.6. The Balaban J connectivity index is 0.00000192. The lowest BCUT2D eigenvalue weighted by molar-refractivity contribution is 0.423. The standard InChI is InChI=1S/C20H24FN.ClH/c1-14-8-11-18(13-19(14)21)20(12-16-9-10-16)22-15(2)17-6-4-3-5-7-17;/h3-8,11,13,15-16,20,22H,9-10,12H2,1-2H3;1H/t15-,20-;/m0./s1. The van der Waals surface area contributed by atoms with E-state index in [1.807, 2.05) is 19.1 Å². The van der Waals surface area contributed by atoms with Crippen LogP contribution in [0.2, 0.25) is 0 Å². The van der Waals surface area contributed by atoms with Crippen LogP contribution < -0.4 is 5.32 Å². The highest BCUT2D eigenvalue weighted by atomic mass is 35.5. The van der Waals surface area contributed by atoms with Gasteiger partial charge in [0.1, 0.15) is 5.82 Å². The molecule has 1 aliphatic carbocycles. The van der Waals surface area contributed by atoms with Gasteiger partial charge in [-0.05, 0) is 48.9 Å². The van der Waals surface area contributed by atoms with Crippen molar-refractivity contribution in [2.24, 2.45) is 5.92 Å². The highest BCUT2D eigenvalue weighted by Crippen LogP contribution is 2.38. The second-order valence-electron chi connectivity index (χ2n) is 6.54. The minimum atomic E-state index is -0.104. The number of hydrogen-bond acceptors (Lipinski definition) is 1. The second kappa shape index (κ2) is 7.94. The fourth-order valence-electron chi connectivity index (χ4n) is 2.95. The van der Waals surface area contributed by atoms with E-state index < -0.39 is 0 Å². The molecule has 2 aromatic carbocycles. The molecular weight excluding hydrogens is 309 g/mol. The van der Waals surface area contributed by atoms with Gasteiger partial charge in [-0.2, -0.15) is 0 Å². The van der Waals surface area contributed by atoms with E-state index in [9.17, 15) is 4.39 Å². The van der Waals surface area contributed by atoms with Crippen LogP contribution in [0.4, 0.5) is 4.39 Å². The molecule has 0 bridgehead atoms. The van der Waals surface area contributed by atoms with E-state index in [0.717, 1.165) is 17.9 Å². The molecule has 124 valence electrons. The SMILES string of the molecule is Cc1ccc([C@H](CC2CC2)N[C@@H](C)c2ccccc2)cc1F.Cl. The molecule has 1 N–H and O–H groups in total. The molecule has 3 heteroatoms. The molecule has 1 fully saturated rings. The smallest absolute Gasteiger partial charge is 0.126 e.